The van der Waals surface area contributed by atoms with Gasteiger partial charge in [0.05, 0.1) is 5.69 Å². The number of benzene rings is 1. The summed E-state index contributed by atoms with van der Waals surface area (Å²) in [6, 6.07) is 7.79. The number of imidazole rings is 1. The molecular weight excluding hydrogens is 291 g/mol. The second-order valence-corrected chi connectivity index (χ2v) is 3.83. The third-order valence-electron chi connectivity index (χ3n) is 1.57. The smallest absolute Gasteiger partial charge is 0.246 e. The second kappa shape index (κ2) is 4.32. The van der Waals surface area contributed by atoms with Crippen molar-refractivity contribution in [3.8, 4) is 0 Å². The molecule has 0 aliphatic carbocycles. The normalized spacial score (nSPS) is 10.9. The van der Waals surface area contributed by atoms with Crippen molar-refractivity contribution in [2.45, 2.75) is 0 Å². The Balaban J connectivity index is 2.15. The van der Waals surface area contributed by atoms with E-state index in [0.717, 1.165) is 5.69 Å². The van der Waals surface area contributed by atoms with E-state index in [1.807, 2.05) is 24.3 Å². The van der Waals surface area contributed by atoms with Gasteiger partial charge in [0.15, 0.2) is 0 Å². The number of nitrogens with zero attached hydrogens (tertiary/aromatic N) is 3. The molecule has 2 rings (SSSR count). The molecule has 0 fully saturated rings. The van der Waals surface area contributed by atoms with Crippen molar-refractivity contribution in [3.05, 3.63) is 40.2 Å². The number of aromatic nitrogens is 2. The van der Waals surface area contributed by atoms with Gasteiger partial charge in [-0.15, -0.1) is 10.2 Å². The molecule has 0 amide bonds. The average molecular weight is 298 g/mol. The van der Waals surface area contributed by atoms with E-state index in [9.17, 15) is 0 Å². The number of azo groups is 1. The predicted octanol–water partition coefficient (Wildman–Crippen LogP) is 3.43. The Bertz CT molecular complexity index is 419. The first-order chi connectivity index (χ1) is 6.84. The molecular formula is C9H7IN4. The fourth-order valence-electron chi connectivity index (χ4n) is 0.924. The van der Waals surface area contributed by atoms with Crippen molar-refractivity contribution in [3.63, 3.8) is 0 Å². The fraction of sp³-hybridized carbons (Fsp3) is 0. The van der Waals surface area contributed by atoms with Crippen molar-refractivity contribution in [1.82, 2.24) is 9.97 Å². The maximum absolute atomic E-state index is 4.02. The lowest BCUT2D eigenvalue weighted by Crippen LogP contribution is -1.68. The third-order valence-corrected chi connectivity index (χ3v) is 2.29. The number of rotatable bonds is 2. The Labute approximate surface area is 94.6 Å². The lowest BCUT2D eigenvalue weighted by Gasteiger charge is -1.90. The molecule has 2 aromatic rings. The quantitative estimate of drug-likeness (QED) is 0.670. The van der Waals surface area contributed by atoms with Crippen LogP contribution in [0.5, 0.6) is 0 Å². The van der Waals surface area contributed by atoms with Crippen LogP contribution in [0.4, 0.5) is 11.6 Å². The van der Waals surface area contributed by atoms with E-state index < -0.39 is 0 Å². The van der Waals surface area contributed by atoms with Gasteiger partial charge in [-0.05, 0) is 46.9 Å². The van der Waals surface area contributed by atoms with E-state index in [-0.39, 0.29) is 0 Å². The van der Waals surface area contributed by atoms with Gasteiger partial charge in [0.25, 0.3) is 0 Å². The molecule has 0 radical (unpaired) electrons. The van der Waals surface area contributed by atoms with Gasteiger partial charge in [0.2, 0.25) is 5.95 Å². The summed E-state index contributed by atoms with van der Waals surface area (Å²) in [5.41, 5.74) is 0.821. The molecule has 0 unspecified atom stereocenters. The number of H-pyrrole nitrogens is 1. The Hall–Kier alpha value is -1.24. The van der Waals surface area contributed by atoms with Crippen LogP contribution in [0.2, 0.25) is 0 Å². The van der Waals surface area contributed by atoms with Crippen LogP contribution >= 0.6 is 22.6 Å². The molecule has 1 N–H and O–H groups in total. The maximum Gasteiger partial charge on any atom is 0.246 e. The number of hydrogen-bond donors (Lipinski definition) is 1. The van der Waals surface area contributed by atoms with Crippen LogP contribution in [-0.4, -0.2) is 9.97 Å². The minimum atomic E-state index is 0.517. The molecule has 0 saturated heterocycles. The molecule has 5 heteroatoms. The van der Waals surface area contributed by atoms with Gasteiger partial charge in [0, 0.05) is 16.0 Å². The maximum atomic E-state index is 4.02. The summed E-state index contributed by atoms with van der Waals surface area (Å²) >= 11 is 2.24. The fourth-order valence-corrected chi connectivity index (χ4v) is 1.28. The highest BCUT2D eigenvalue weighted by Crippen LogP contribution is 2.16. The van der Waals surface area contributed by atoms with Gasteiger partial charge in [-0.25, -0.2) is 4.98 Å². The molecule has 14 heavy (non-hydrogen) atoms. The highest BCUT2D eigenvalue weighted by atomic mass is 127. The summed E-state index contributed by atoms with van der Waals surface area (Å²) in [4.78, 5) is 6.78. The van der Waals surface area contributed by atoms with E-state index in [1.54, 1.807) is 12.4 Å². The number of hydrogen-bond acceptors (Lipinski definition) is 3. The van der Waals surface area contributed by atoms with Crippen molar-refractivity contribution in [2.75, 3.05) is 0 Å². The SMILES string of the molecule is Ic1ccc(N=Nc2ncc[nH]2)cc1. The topological polar surface area (TPSA) is 53.4 Å². The minimum Gasteiger partial charge on any atom is -0.328 e. The van der Waals surface area contributed by atoms with E-state index >= 15 is 0 Å². The Morgan fingerprint density at radius 1 is 1.14 bits per heavy atom. The summed E-state index contributed by atoms with van der Waals surface area (Å²) in [5.74, 6) is 0.517. The molecule has 0 bridgehead atoms. The number of aromatic amines is 1. The summed E-state index contributed by atoms with van der Waals surface area (Å²) in [5, 5.41) is 7.94. The molecule has 70 valence electrons. The zero-order chi connectivity index (χ0) is 9.80. The molecule has 0 aliphatic heterocycles. The summed E-state index contributed by atoms with van der Waals surface area (Å²) in [6.45, 7) is 0. The van der Waals surface area contributed by atoms with E-state index in [1.165, 1.54) is 3.57 Å². The largest absolute Gasteiger partial charge is 0.328 e. The Morgan fingerprint density at radius 3 is 2.57 bits per heavy atom. The zero-order valence-electron chi connectivity index (χ0n) is 7.18. The first-order valence-corrected chi connectivity index (χ1v) is 5.09. The monoisotopic (exact) mass is 298 g/mol. The highest BCUT2D eigenvalue weighted by Gasteiger charge is 1.91. The van der Waals surface area contributed by atoms with Gasteiger partial charge in [-0.3, -0.25) is 0 Å². The van der Waals surface area contributed by atoms with Crippen LogP contribution < -0.4 is 0 Å². The molecule has 1 heterocycles. The van der Waals surface area contributed by atoms with Gasteiger partial charge in [-0.2, -0.15) is 0 Å². The number of nitrogens with one attached hydrogen (secondary N) is 1. The summed E-state index contributed by atoms with van der Waals surface area (Å²) in [6.07, 6.45) is 3.35. The second-order valence-electron chi connectivity index (χ2n) is 2.59. The third kappa shape index (κ3) is 2.38. The average Bonchev–Trinajstić information content (AvgIpc) is 2.70. The molecule has 0 saturated carbocycles. The molecule has 0 atom stereocenters. The number of halogens is 1. The molecule has 1 aromatic heterocycles. The lowest BCUT2D eigenvalue weighted by molar-refractivity contribution is 1.12. The van der Waals surface area contributed by atoms with Crippen LogP contribution in [0.3, 0.4) is 0 Å². The van der Waals surface area contributed by atoms with Gasteiger partial charge in [-0.1, -0.05) is 0 Å². The standard InChI is InChI=1S/C9H7IN4/c10-7-1-3-8(4-2-7)13-14-9-11-5-6-12-9/h1-6H,(H,11,12). The predicted molar refractivity (Wildman–Crippen MR) is 61.9 cm³/mol. The van der Waals surface area contributed by atoms with Gasteiger partial charge < -0.3 is 4.98 Å². The zero-order valence-corrected chi connectivity index (χ0v) is 9.34. The van der Waals surface area contributed by atoms with Crippen LogP contribution in [0.1, 0.15) is 0 Å². The van der Waals surface area contributed by atoms with Gasteiger partial charge in [0.1, 0.15) is 0 Å². The van der Waals surface area contributed by atoms with Crippen LogP contribution in [0.15, 0.2) is 46.9 Å². The highest BCUT2D eigenvalue weighted by molar-refractivity contribution is 14.1. The summed E-state index contributed by atoms with van der Waals surface area (Å²) in [7, 11) is 0. The molecule has 1 aromatic carbocycles. The Morgan fingerprint density at radius 2 is 1.93 bits per heavy atom. The van der Waals surface area contributed by atoms with E-state index in [4.69, 9.17) is 0 Å². The Kier molecular flexibility index (Phi) is 2.87. The van der Waals surface area contributed by atoms with Crippen LogP contribution in [0, 0.1) is 3.57 Å². The van der Waals surface area contributed by atoms with Crippen LogP contribution in [0.25, 0.3) is 0 Å². The van der Waals surface area contributed by atoms with Crippen molar-refractivity contribution in [1.29, 1.82) is 0 Å². The first kappa shape index (κ1) is 9.32. The molecule has 0 aliphatic rings. The van der Waals surface area contributed by atoms with Crippen molar-refractivity contribution < 1.29 is 0 Å². The van der Waals surface area contributed by atoms with Crippen molar-refractivity contribution >= 4 is 34.2 Å². The summed E-state index contributed by atoms with van der Waals surface area (Å²) < 4.78 is 1.18. The minimum absolute atomic E-state index is 0.517. The van der Waals surface area contributed by atoms with Crippen LogP contribution in [-0.2, 0) is 0 Å². The molecule has 0 spiro atoms. The van der Waals surface area contributed by atoms with E-state index in [0.29, 0.717) is 5.95 Å². The lowest BCUT2D eigenvalue weighted by atomic mass is 10.3. The molecule has 4 nitrogen and oxygen atoms in total. The first-order valence-electron chi connectivity index (χ1n) is 4.01. The van der Waals surface area contributed by atoms with Crippen molar-refractivity contribution in [2.24, 2.45) is 10.2 Å². The van der Waals surface area contributed by atoms with E-state index in [2.05, 4.69) is 42.8 Å². The van der Waals surface area contributed by atoms with Gasteiger partial charge >= 0.3 is 0 Å².